The largest absolute Gasteiger partial charge is 0.448 e. The van der Waals surface area contributed by atoms with Crippen LogP contribution >= 0.6 is 0 Å². The van der Waals surface area contributed by atoms with Gasteiger partial charge in [-0.25, -0.2) is 4.98 Å². The summed E-state index contributed by atoms with van der Waals surface area (Å²) in [6.07, 6.45) is 7.96. The lowest BCUT2D eigenvalue weighted by Gasteiger charge is -2.27. The van der Waals surface area contributed by atoms with Crippen molar-refractivity contribution in [3.63, 3.8) is 0 Å². The number of likely N-dealkylation sites (tertiary alicyclic amines) is 1. The summed E-state index contributed by atoms with van der Waals surface area (Å²) in [4.78, 5) is 30.1. The lowest BCUT2D eigenvalue weighted by Crippen LogP contribution is -2.38. The smallest absolute Gasteiger partial charge is 0.273 e. The Balaban J connectivity index is 1.53. The summed E-state index contributed by atoms with van der Waals surface area (Å²) in [5.41, 5.74) is 0.304. The lowest BCUT2D eigenvalue weighted by molar-refractivity contribution is -0.128. The molecule has 120 valence electrons. The van der Waals surface area contributed by atoms with Crippen LogP contribution in [-0.4, -0.2) is 40.8 Å². The molecule has 2 fully saturated rings. The van der Waals surface area contributed by atoms with Crippen LogP contribution in [0.4, 0.5) is 0 Å². The Morgan fingerprint density at radius 3 is 2.86 bits per heavy atom. The lowest BCUT2D eigenvalue weighted by atomic mass is 9.89. The highest BCUT2D eigenvalue weighted by molar-refractivity contribution is 5.94. The first-order valence-corrected chi connectivity index (χ1v) is 8.12. The highest BCUT2D eigenvalue weighted by atomic mass is 16.3. The predicted octanol–water partition coefficient (Wildman–Crippen LogP) is 1.89. The molecule has 1 aromatic rings. The minimum Gasteiger partial charge on any atom is -0.448 e. The number of hydrogen-bond acceptors (Lipinski definition) is 4. The minimum atomic E-state index is -0.261. The third kappa shape index (κ3) is 3.31. The topological polar surface area (TPSA) is 75.4 Å². The van der Waals surface area contributed by atoms with Gasteiger partial charge in [0.05, 0.1) is 6.04 Å². The second kappa shape index (κ2) is 6.50. The third-order valence-corrected chi connectivity index (χ3v) is 4.71. The molecule has 1 saturated heterocycles. The average Bonchev–Trinajstić information content (AvgIpc) is 3.07. The van der Waals surface area contributed by atoms with Crippen LogP contribution in [0.15, 0.2) is 10.8 Å². The average molecular weight is 305 g/mol. The molecule has 0 bridgehead atoms. The third-order valence-electron chi connectivity index (χ3n) is 4.71. The number of rotatable bonds is 4. The number of nitrogens with zero attached hydrogens (tertiary/aromatic N) is 2. The van der Waals surface area contributed by atoms with Gasteiger partial charge in [0.15, 0.2) is 12.1 Å². The highest BCUT2D eigenvalue weighted by Crippen LogP contribution is 2.26. The van der Waals surface area contributed by atoms with Crippen LogP contribution < -0.4 is 5.32 Å². The summed E-state index contributed by atoms with van der Waals surface area (Å²) in [7, 11) is 0. The molecule has 1 aromatic heterocycles. The van der Waals surface area contributed by atoms with E-state index in [1.54, 1.807) is 6.92 Å². The van der Waals surface area contributed by atoms with Crippen molar-refractivity contribution in [2.75, 3.05) is 13.1 Å². The van der Waals surface area contributed by atoms with Gasteiger partial charge < -0.3 is 14.6 Å². The quantitative estimate of drug-likeness (QED) is 0.921. The molecule has 6 nitrogen and oxygen atoms in total. The molecule has 0 spiro atoms. The summed E-state index contributed by atoms with van der Waals surface area (Å²) in [5.74, 6) is 1.02. The van der Waals surface area contributed by atoms with E-state index in [1.807, 2.05) is 4.90 Å². The monoisotopic (exact) mass is 305 g/mol. The Morgan fingerprint density at radius 2 is 2.18 bits per heavy atom. The van der Waals surface area contributed by atoms with Gasteiger partial charge in [-0.3, -0.25) is 9.59 Å². The van der Waals surface area contributed by atoms with Crippen LogP contribution in [0.5, 0.6) is 0 Å². The molecule has 2 aliphatic rings. The zero-order chi connectivity index (χ0) is 15.5. The van der Waals surface area contributed by atoms with E-state index in [4.69, 9.17) is 4.42 Å². The van der Waals surface area contributed by atoms with Crippen molar-refractivity contribution in [1.29, 1.82) is 0 Å². The number of nitrogens with one attached hydrogen (secondary N) is 1. The van der Waals surface area contributed by atoms with Gasteiger partial charge in [-0.05, 0) is 25.7 Å². The van der Waals surface area contributed by atoms with Crippen LogP contribution in [0.1, 0.15) is 54.8 Å². The number of aromatic nitrogens is 1. The molecule has 6 heteroatoms. The molecule has 1 atom stereocenters. The Hall–Kier alpha value is -1.85. The van der Waals surface area contributed by atoms with Crippen LogP contribution in [-0.2, 0) is 4.79 Å². The van der Waals surface area contributed by atoms with Gasteiger partial charge in [0.25, 0.3) is 5.91 Å². The molecular formula is C16H23N3O3. The van der Waals surface area contributed by atoms with Crippen molar-refractivity contribution in [1.82, 2.24) is 15.2 Å². The number of amides is 2. The normalized spacial score (nSPS) is 23.0. The molecule has 3 rings (SSSR count). The molecule has 1 aliphatic carbocycles. The van der Waals surface area contributed by atoms with Gasteiger partial charge in [0.1, 0.15) is 5.76 Å². The van der Waals surface area contributed by atoms with Crippen molar-refractivity contribution in [2.45, 2.75) is 51.5 Å². The van der Waals surface area contributed by atoms with Gasteiger partial charge in [0, 0.05) is 19.5 Å². The van der Waals surface area contributed by atoms with Crippen LogP contribution in [0, 0.1) is 12.8 Å². The van der Waals surface area contributed by atoms with Crippen LogP contribution in [0.25, 0.3) is 0 Å². The number of hydrogen-bond donors (Lipinski definition) is 1. The molecule has 22 heavy (non-hydrogen) atoms. The standard InChI is InChI=1S/C16H23N3O3/c1-11-15(17-10-22-11)16(21)18-13-7-14(20)19(9-13)8-12-5-3-2-4-6-12/h10,12-13H,2-9H2,1H3,(H,18,21). The molecule has 1 saturated carbocycles. The Bertz CT molecular complexity index is 549. The first-order valence-electron chi connectivity index (χ1n) is 8.12. The second-order valence-electron chi connectivity index (χ2n) is 6.43. The number of carbonyl (C=O) groups excluding carboxylic acids is 2. The van der Waals surface area contributed by atoms with Crippen LogP contribution in [0.2, 0.25) is 0 Å². The maximum atomic E-state index is 12.1. The Morgan fingerprint density at radius 1 is 1.41 bits per heavy atom. The zero-order valence-electron chi connectivity index (χ0n) is 13.0. The van der Waals surface area contributed by atoms with Crippen molar-refractivity contribution in [2.24, 2.45) is 5.92 Å². The van der Waals surface area contributed by atoms with E-state index in [2.05, 4.69) is 10.3 Å². The van der Waals surface area contributed by atoms with E-state index >= 15 is 0 Å². The molecule has 2 heterocycles. The van der Waals surface area contributed by atoms with Gasteiger partial charge in [-0.2, -0.15) is 0 Å². The molecule has 1 N–H and O–H groups in total. The van der Waals surface area contributed by atoms with Crippen molar-refractivity contribution < 1.29 is 14.0 Å². The number of carbonyl (C=O) groups is 2. The maximum absolute atomic E-state index is 12.1. The summed E-state index contributed by atoms with van der Waals surface area (Å²) < 4.78 is 5.04. The van der Waals surface area contributed by atoms with Crippen molar-refractivity contribution >= 4 is 11.8 Å². The van der Waals surface area contributed by atoms with Crippen molar-refractivity contribution in [3.8, 4) is 0 Å². The highest BCUT2D eigenvalue weighted by Gasteiger charge is 2.32. The van der Waals surface area contributed by atoms with E-state index in [9.17, 15) is 9.59 Å². The number of oxazole rings is 1. The summed E-state index contributed by atoms with van der Waals surface area (Å²) in [5, 5.41) is 2.90. The fourth-order valence-corrected chi connectivity index (χ4v) is 3.50. The molecule has 1 aliphatic heterocycles. The fraction of sp³-hybridized carbons (Fsp3) is 0.688. The zero-order valence-corrected chi connectivity index (χ0v) is 13.0. The molecule has 0 radical (unpaired) electrons. The summed E-state index contributed by atoms with van der Waals surface area (Å²) in [6.45, 7) is 3.16. The summed E-state index contributed by atoms with van der Waals surface area (Å²) in [6, 6.07) is -0.125. The molecular weight excluding hydrogens is 282 g/mol. The Labute approximate surface area is 130 Å². The van der Waals surface area contributed by atoms with E-state index < -0.39 is 0 Å². The van der Waals surface area contributed by atoms with E-state index in [0.29, 0.717) is 30.3 Å². The van der Waals surface area contributed by atoms with E-state index in [1.165, 1.54) is 38.5 Å². The molecule has 2 amide bonds. The predicted molar refractivity (Wildman–Crippen MR) is 80.3 cm³/mol. The van der Waals surface area contributed by atoms with Gasteiger partial charge >= 0.3 is 0 Å². The van der Waals surface area contributed by atoms with Crippen LogP contribution in [0.3, 0.4) is 0 Å². The van der Waals surface area contributed by atoms with Gasteiger partial charge in [-0.1, -0.05) is 19.3 Å². The molecule has 1 unspecified atom stereocenters. The maximum Gasteiger partial charge on any atom is 0.273 e. The first kappa shape index (κ1) is 15.1. The van der Waals surface area contributed by atoms with E-state index in [-0.39, 0.29) is 17.9 Å². The number of aryl methyl sites for hydroxylation is 1. The summed E-state index contributed by atoms with van der Waals surface area (Å²) >= 11 is 0. The van der Waals surface area contributed by atoms with Crippen molar-refractivity contribution in [3.05, 3.63) is 17.8 Å². The minimum absolute atomic E-state index is 0.125. The second-order valence-corrected chi connectivity index (χ2v) is 6.43. The molecule has 0 aromatic carbocycles. The first-order chi connectivity index (χ1) is 10.6. The SMILES string of the molecule is Cc1ocnc1C(=O)NC1CC(=O)N(CC2CCCCC2)C1. The fourth-order valence-electron chi connectivity index (χ4n) is 3.50. The van der Waals surface area contributed by atoms with E-state index in [0.717, 1.165) is 6.54 Å². The van der Waals surface area contributed by atoms with Gasteiger partial charge in [-0.15, -0.1) is 0 Å². The Kier molecular flexibility index (Phi) is 4.45. The van der Waals surface area contributed by atoms with Gasteiger partial charge in [0.2, 0.25) is 5.91 Å².